The molecule has 0 saturated carbocycles. The Kier molecular flexibility index (Phi) is 5.34. The van der Waals surface area contributed by atoms with Crippen LogP contribution in [0.5, 0.6) is 5.75 Å². The van der Waals surface area contributed by atoms with Crippen LogP contribution in [0.15, 0.2) is 18.2 Å². The number of alkyl halides is 2. The fourth-order valence-corrected chi connectivity index (χ4v) is 3.48. The molecule has 0 bridgehead atoms. The summed E-state index contributed by atoms with van der Waals surface area (Å²) in [6.45, 7) is 6.11. The normalized spacial score (nSPS) is 19.2. The number of ether oxygens (including phenoxy) is 2. The molecule has 0 spiro atoms. The van der Waals surface area contributed by atoms with E-state index in [4.69, 9.17) is 37.2 Å². The Morgan fingerprint density at radius 1 is 1.44 bits per heavy atom. The van der Waals surface area contributed by atoms with E-state index in [1.807, 2.05) is 20.8 Å². The fraction of sp³-hybridized carbons (Fsp3) is 0.533. The van der Waals surface area contributed by atoms with Gasteiger partial charge in [-0.1, -0.05) is 29.3 Å². The second-order valence-electron chi connectivity index (χ2n) is 6.16. The summed E-state index contributed by atoms with van der Waals surface area (Å²) < 4.78 is 40.6. The molecule has 1 heterocycles. The third-order valence-corrected chi connectivity index (χ3v) is 5.70. The monoisotopic (exact) mass is 411 g/mol. The number of carbonyl (C=O) groups is 1. The zero-order valence-corrected chi connectivity index (χ0v) is 16.4. The molecular formula is C15H19Cl2NO6S. The van der Waals surface area contributed by atoms with Gasteiger partial charge in [0, 0.05) is 19.2 Å². The summed E-state index contributed by atoms with van der Waals surface area (Å²) in [5.41, 5.74) is 0.337. The molecule has 1 N–H and O–H groups in total. The number of benzene rings is 1. The van der Waals surface area contributed by atoms with Crippen molar-refractivity contribution in [1.29, 1.82) is 0 Å². The molecule has 25 heavy (non-hydrogen) atoms. The van der Waals surface area contributed by atoms with E-state index in [2.05, 4.69) is 0 Å². The fourth-order valence-electron chi connectivity index (χ4n) is 2.54. The van der Waals surface area contributed by atoms with E-state index in [-0.39, 0.29) is 9.87 Å². The zero-order valence-electron chi connectivity index (χ0n) is 14.1. The summed E-state index contributed by atoms with van der Waals surface area (Å²) in [6, 6.07) is 4.62. The van der Waals surface area contributed by atoms with Gasteiger partial charge in [0.25, 0.3) is 5.91 Å². The van der Waals surface area contributed by atoms with Gasteiger partial charge in [-0.2, -0.15) is 8.42 Å². The highest BCUT2D eigenvalue weighted by Gasteiger charge is 2.46. The first-order valence-electron chi connectivity index (χ1n) is 7.40. The van der Waals surface area contributed by atoms with Gasteiger partial charge in [0.1, 0.15) is 5.75 Å². The van der Waals surface area contributed by atoms with Crippen LogP contribution in [0, 0.1) is 0 Å². The summed E-state index contributed by atoms with van der Waals surface area (Å²) >= 11 is 12.3. The highest BCUT2D eigenvalue weighted by molar-refractivity contribution is 7.84. The minimum atomic E-state index is -4.77. The molecule has 7 nitrogen and oxygen atoms in total. The predicted molar refractivity (Wildman–Crippen MR) is 93.2 cm³/mol. The SMILES string of the molecule is CCOC1Oc2ccc(C(Cl)(Cl)C(=O)N(C)S(=O)(=O)O)cc2C1(C)C. The molecule has 1 aliphatic rings. The molecule has 0 aliphatic carbocycles. The lowest BCUT2D eigenvalue weighted by Gasteiger charge is -2.26. The van der Waals surface area contributed by atoms with Crippen LogP contribution in [0.4, 0.5) is 0 Å². The van der Waals surface area contributed by atoms with Gasteiger partial charge in [0.15, 0.2) is 0 Å². The summed E-state index contributed by atoms with van der Waals surface area (Å²) in [5.74, 6) is -0.636. The first-order valence-corrected chi connectivity index (χ1v) is 9.55. The Hall–Kier alpha value is -1.06. The van der Waals surface area contributed by atoms with Crippen molar-refractivity contribution in [2.24, 2.45) is 0 Å². The van der Waals surface area contributed by atoms with Crippen molar-refractivity contribution < 1.29 is 27.2 Å². The second kappa shape index (κ2) is 6.59. The predicted octanol–water partition coefficient (Wildman–Crippen LogP) is 2.61. The average Bonchev–Trinajstić information content (AvgIpc) is 2.76. The van der Waals surface area contributed by atoms with Gasteiger partial charge >= 0.3 is 10.3 Å². The zero-order chi connectivity index (χ0) is 19.2. The number of carbonyl (C=O) groups excluding carboxylic acids is 1. The van der Waals surface area contributed by atoms with Crippen molar-refractivity contribution >= 4 is 39.4 Å². The number of nitrogens with zero attached hydrogens (tertiary/aromatic N) is 1. The van der Waals surface area contributed by atoms with Crippen LogP contribution in [0.3, 0.4) is 0 Å². The molecule has 0 radical (unpaired) electrons. The Morgan fingerprint density at radius 2 is 2.04 bits per heavy atom. The number of likely N-dealkylation sites (N-methyl/N-ethyl adjacent to an activating group) is 1. The molecule has 2 rings (SSSR count). The van der Waals surface area contributed by atoms with Gasteiger partial charge in [0.05, 0.1) is 5.41 Å². The third-order valence-electron chi connectivity index (χ3n) is 4.08. The quantitative estimate of drug-likeness (QED) is 0.591. The smallest absolute Gasteiger partial charge is 0.362 e. The molecular weight excluding hydrogens is 393 g/mol. The molecule has 0 saturated heterocycles. The first kappa shape index (κ1) is 20.3. The van der Waals surface area contributed by atoms with Crippen LogP contribution < -0.4 is 4.74 Å². The standard InChI is InChI=1S/C15H19Cl2NO6S/c1-5-23-13-14(2,3)10-8-9(6-7-11(10)24-13)15(16,17)12(19)18(4)25(20,21)22/h6-8,13H,5H2,1-4H3,(H,20,21,22). The van der Waals surface area contributed by atoms with Crippen molar-refractivity contribution in [3.05, 3.63) is 29.3 Å². The third kappa shape index (κ3) is 3.59. The Balaban J connectivity index is 2.44. The lowest BCUT2D eigenvalue weighted by Crippen LogP contribution is -2.41. The van der Waals surface area contributed by atoms with Crippen molar-refractivity contribution in [2.75, 3.05) is 13.7 Å². The summed E-state index contributed by atoms with van der Waals surface area (Å²) in [4.78, 5) is 12.3. The van der Waals surface area contributed by atoms with Crippen molar-refractivity contribution in [2.45, 2.75) is 36.8 Å². The molecule has 1 aromatic carbocycles. The van der Waals surface area contributed by atoms with E-state index in [0.29, 0.717) is 12.4 Å². The van der Waals surface area contributed by atoms with E-state index in [0.717, 1.165) is 12.6 Å². The summed E-state index contributed by atoms with van der Waals surface area (Å²) in [6.07, 6.45) is -0.515. The number of amides is 1. The average molecular weight is 412 g/mol. The highest BCUT2D eigenvalue weighted by atomic mass is 35.5. The second-order valence-corrected chi connectivity index (χ2v) is 8.93. The number of hydrogen-bond acceptors (Lipinski definition) is 5. The molecule has 1 aromatic rings. The lowest BCUT2D eigenvalue weighted by atomic mass is 9.84. The largest absolute Gasteiger partial charge is 0.464 e. The topological polar surface area (TPSA) is 93.1 Å². The van der Waals surface area contributed by atoms with Crippen LogP contribution in [0.1, 0.15) is 31.9 Å². The Bertz CT molecular complexity index is 793. The minimum absolute atomic E-state index is 0.0882. The molecule has 1 atom stereocenters. The molecule has 0 aromatic heterocycles. The molecule has 10 heteroatoms. The van der Waals surface area contributed by atoms with Gasteiger partial charge in [-0.05, 0) is 38.5 Å². The molecule has 1 unspecified atom stereocenters. The number of fused-ring (bicyclic) bond motifs is 1. The first-order chi connectivity index (χ1) is 11.3. The lowest BCUT2D eigenvalue weighted by molar-refractivity contribution is -0.126. The molecule has 1 aliphatic heterocycles. The van der Waals surface area contributed by atoms with Gasteiger partial charge in [-0.3, -0.25) is 9.35 Å². The van der Waals surface area contributed by atoms with Crippen LogP contribution >= 0.6 is 23.2 Å². The van der Waals surface area contributed by atoms with E-state index in [9.17, 15) is 13.2 Å². The molecule has 0 fully saturated rings. The van der Waals surface area contributed by atoms with Crippen LogP contribution in [0.2, 0.25) is 0 Å². The summed E-state index contributed by atoms with van der Waals surface area (Å²) in [5, 5.41) is 0. The highest BCUT2D eigenvalue weighted by Crippen LogP contribution is 2.46. The van der Waals surface area contributed by atoms with Gasteiger partial charge in [-0.15, -0.1) is 0 Å². The van der Waals surface area contributed by atoms with Crippen LogP contribution in [-0.2, 0) is 29.6 Å². The number of hydrogen-bond donors (Lipinski definition) is 1. The van der Waals surface area contributed by atoms with Crippen LogP contribution in [0.25, 0.3) is 0 Å². The number of rotatable bonds is 5. The minimum Gasteiger partial charge on any atom is -0.464 e. The van der Waals surface area contributed by atoms with Crippen LogP contribution in [-0.4, -0.2) is 43.1 Å². The maximum absolute atomic E-state index is 12.3. The molecule has 140 valence electrons. The maximum atomic E-state index is 12.3. The van der Waals surface area contributed by atoms with Gasteiger partial charge < -0.3 is 9.47 Å². The number of halogens is 2. The Labute approximate surface area is 156 Å². The van der Waals surface area contributed by atoms with E-state index < -0.39 is 32.2 Å². The Morgan fingerprint density at radius 3 is 2.56 bits per heavy atom. The summed E-state index contributed by atoms with van der Waals surface area (Å²) in [7, 11) is -3.91. The van der Waals surface area contributed by atoms with E-state index in [1.54, 1.807) is 12.1 Å². The van der Waals surface area contributed by atoms with Gasteiger partial charge in [-0.25, -0.2) is 4.31 Å². The molecule has 1 amide bonds. The van der Waals surface area contributed by atoms with Gasteiger partial charge in [0.2, 0.25) is 10.6 Å². The maximum Gasteiger partial charge on any atom is 0.362 e. The van der Waals surface area contributed by atoms with Crippen molar-refractivity contribution in [3.8, 4) is 5.75 Å². The van der Waals surface area contributed by atoms with E-state index in [1.165, 1.54) is 6.07 Å². The van der Waals surface area contributed by atoms with Crippen molar-refractivity contribution in [1.82, 2.24) is 4.31 Å². The van der Waals surface area contributed by atoms with Crippen molar-refractivity contribution in [3.63, 3.8) is 0 Å². The van der Waals surface area contributed by atoms with E-state index >= 15 is 0 Å².